The second kappa shape index (κ2) is 5.91. The van der Waals surface area contributed by atoms with Gasteiger partial charge in [-0.3, -0.25) is 9.48 Å². The Bertz CT molecular complexity index is 907. The van der Waals surface area contributed by atoms with Crippen LogP contribution in [0.5, 0.6) is 0 Å². The number of anilines is 1. The maximum Gasteiger partial charge on any atom is 0.491 e. The van der Waals surface area contributed by atoms with E-state index in [1.54, 1.807) is 24.1 Å². The van der Waals surface area contributed by atoms with Crippen LogP contribution in [0.1, 0.15) is 16.2 Å². The molecule has 0 spiro atoms. The molecule has 0 aliphatic carbocycles. The summed E-state index contributed by atoms with van der Waals surface area (Å²) in [5.41, 5.74) is 1.62. The monoisotopic (exact) mass is 331 g/mol. The van der Waals surface area contributed by atoms with Gasteiger partial charge in [-0.1, -0.05) is 4.98 Å². The molecule has 1 N–H and O–H groups in total. The Hall–Kier alpha value is -3.57. The zero-order chi connectivity index (χ0) is 17.3. The van der Waals surface area contributed by atoms with Crippen LogP contribution in [0.2, 0.25) is 0 Å². The Morgan fingerprint density at radius 2 is 2.17 bits per heavy atom. The molecule has 0 bridgehead atoms. The average molecular weight is 331 g/mol. The highest BCUT2D eigenvalue weighted by atomic mass is 16.6. The predicted octanol–water partition coefficient (Wildman–Crippen LogP) is 0.183. The molecule has 0 saturated heterocycles. The normalized spacial score (nSPS) is 10.8. The molecule has 124 valence electrons. The Morgan fingerprint density at radius 3 is 2.79 bits per heavy atom. The van der Waals surface area contributed by atoms with Crippen molar-refractivity contribution >= 4 is 17.5 Å². The summed E-state index contributed by atoms with van der Waals surface area (Å²) in [5.74, 6) is -0.874. The average Bonchev–Trinajstić information content (AvgIpc) is 3.25. The SMILES string of the molecule is Cc1c(NC(=O)c2ccn(Cn3cnc([N+](=O)[O-])n3)n2)cnn1C. The van der Waals surface area contributed by atoms with E-state index >= 15 is 0 Å². The Kier molecular flexibility index (Phi) is 3.77. The van der Waals surface area contributed by atoms with Crippen LogP contribution in [0.15, 0.2) is 24.8 Å². The molecule has 0 atom stereocenters. The summed E-state index contributed by atoms with van der Waals surface area (Å²) in [7, 11) is 1.77. The van der Waals surface area contributed by atoms with Crippen molar-refractivity contribution in [2.24, 2.45) is 7.05 Å². The van der Waals surface area contributed by atoms with Crippen LogP contribution in [0, 0.1) is 17.0 Å². The first-order valence-electron chi connectivity index (χ1n) is 6.81. The summed E-state index contributed by atoms with van der Waals surface area (Å²) >= 11 is 0. The summed E-state index contributed by atoms with van der Waals surface area (Å²) in [6.07, 6.45) is 4.34. The molecule has 0 aliphatic heterocycles. The first-order chi connectivity index (χ1) is 11.4. The summed E-state index contributed by atoms with van der Waals surface area (Å²) in [4.78, 5) is 25.6. The fraction of sp³-hybridized carbons (Fsp3) is 0.250. The minimum Gasteiger partial charge on any atom is -0.390 e. The van der Waals surface area contributed by atoms with Gasteiger partial charge in [-0.05, 0) is 17.9 Å². The van der Waals surface area contributed by atoms with Crippen LogP contribution in [-0.2, 0) is 13.7 Å². The van der Waals surface area contributed by atoms with E-state index in [9.17, 15) is 14.9 Å². The highest BCUT2D eigenvalue weighted by Crippen LogP contribution is 2.13. The molecule has 24 heavy (non-hydrogen) atoms. The molecule has 0 saturated carbocycles. The van der Waals surface area contributed by atoms with E-state index in [2.05, 4.69) is 25.6 Å². The van der Waals surface area contributed by atoms with Gasteiger partial charge in [-0.15, -0.1) is 0 Å². The highest BCUT2D eigenvalue weighted by molar-refractivity contribution is 6.03. The van der Waals surface area contributed by atoms with Crippen molar-refractivity contribution in [1.82, 2.24) is 34.3 Å². The second-order valence-electron chi connectivity index (χ2n) is 4.94. The molecule has 12 nitrogen and oxygen atoms in total. The van der Waals surface area contributed by atoms with Crippen LogP contribution < -0.4 is 5.32 Å². The van der Waals surface area contributed by atoms with E-state index in [0.29, 0.717) is 5.69 Å². The minimum absolute atomic E-state index is 0.0973. The Labute approximate surface area is 134 Å². The molecular weight excluding hydrogens is 318 g/mol. The second-order valence-corrected chi connectivity index (χ2v) is 4.94. The van der Waals surface area contributed by atoms with Crippen LogP contribution >= 0.6 is 0 Å². The van der Waals surface area contributed by atoms with Crippen LogP contribution in [-0.4, -0.2) is 45.2 Å². The van der Waals surface area contributed by atoms with Crippen LogP contribution in [0.3, 0.4) is 0 Å². The van der Waals surface area contributed by atoms with Gasteiger partial charge in [0.05, 0.1) is 17.6 Å². The number of nitrogens with one attached hydrogen (secondary N) is 1. The van der Waals surface area contributed by atoms with Crippen molar-refractivity contribution in [1.29, 1.82) is 0 Å². The molecule has 3 heterocycles. The van der Waals surface area contributed by atoms with Crippen molar-refractivity contribution in [3.05, 3.63) is 46.3 Å². The van der Waals surface area contributed by atoms with Crippen LogP contribution in [0.25, 0.3) is 0 Å². The lowest BCUT2D eigenvalue weighted by atomic mass is 10.3. The van der Waals surface area contributed by atoms with E-state index in [1.807, 2.05) is 6.92 Å². The van der Waals surface area contributed by atoms with Gasteiger partial charge in [-0.25, -0.2) is 4.68 Å². The van der Waals surface area contributed by atoms with E-state index < -0.39 is 10.9 Å². The van der Waals surface area contributed by atoms with Gasteiger partial charge in [0.15, 0.2) is 12.4 Å². The van der Waals surface area contributed by atoms with Gasteiger partial charge in [-0.2, -0.15) is 14.9 Å². The molecule has 12 heteroatoms. The zero-order valence-electron chi connectivity index (χ0n) is 12.8. The largest absolute Gasteiger partial charge is 0.491 e. The molecule has 3 aromatic heterocycles. The van der Waals surface area contributed by atoms with Crippen LogP contribution in [0.4, 0.5) is 11.6 Å². The molecule has 1 amide bonds. The molecule has 0 fully saturated rings. The van der Waals surface area contributed by atoms with Gasteiger partial charge in [0, 0.05) is 18.3 Å². The number of carbonyl (C=O) groups is 1. The summed E-state index contributed by atoms with van der Waals surface area (Å²) in [5, 5.41) is 25.1. The molecule has 0 aliphatic rings. The van der Waals surface area contributed by atoms with Gasteiger partial charge < -0.3 is 15.4 Å². The van der Waals surface area contributed by atoms with Crippen molar-refractivity contribution in [3.8, 4) is 0 Å². The summed E-state index contributed by atoms with van der Waals surface area (Å²) in [6, 6.07) is 1.53. The lowest BCUT2D eigenvalue weighted by Crippen LogP contribution is -2.15. The molecule has 0 unspecified atom stereocenters. The quantitative estimate of drug-likeness (QED) is 0.519. The summed E-state index contributed by atoms with van der Waals surface area (Å²) in [6.45, 7) is 1.93. The van der Waals surface area contributed by atoms with Gasteiger partial charge >= 0.3 is 5.95 Å². The Morgan fingerprint density at radius 1 is 1.38 bits per heavy atom. The van der Waals surface area contributed by atoms with Gasteiger partial charge in [0.1, 0.15) is 0 Å². The summed E-state index contributed by atoms with van der Waals surface area (Å²) < 4.78 is 4.31. The van der Waals surface area contributed by atoms with E-state index in [1.165, 1.54) is 21.8 Å². The minimum atomic E-state index is -0.686. The zero-order valence-corrected chi connectivity index (χ0v) is 12.8. The van der Waals surface area contributed by atoms with E-state index in [4.69, 9.17) is 0 Å². The molecule has 3 aromatic rings. The fourth-order valence-electron chi connectivity index (χ4n) is 1.95. The predicted molar refractivity (Wildman–Crippen MR) is 80.2 cm³/mol. The number of nitro groups is 1. The number of nitrogens with zero attached hydrogens (tertiary/aromatic N) is 8. The fourth-order valence-corrected chi connectivity index (χ4v) is 1.95. The van der Waals surface area contributed by atoms with Gasteiger partial charge in [0.25, 0.3) is 5.91 Å². The van der Waals surface area contributed by atoms with Crippen molar-refractivity contribution < 1.29 is 9.72 Å². The first-order valence-corrected chi connectivity index (χ1v) is 6.81. The number of hydrogen-bond acceptors (Lipinski definition) is 7. The maximum absolute atomic E-state index is 12.2. The van der Waals surface area contributed by atoms with Crippen molar-refractivity contribution in [3.63, 3.8) is 0 Å². The molecule has 0 aromatic carbocycles. The Balaban J connectivity index is 1.69. The van der Waals surface area contributed by atoms with Crippen molar-refractivity contribution in [2.45, 2.75) is 13.6 Å². The van der Waals surface area contributed by atoms with Crippen molar-refractivity contribution in [2.75, 3.05) is 5.32 Å². The number of rotatable bonds is 5. The third-order valence-corrected chi connectivity index (χ3v) is 3.33. The highest BCUT2D eigenvalue weighted by Gasteiger charge is 2.15. The number of aryl methyl sites for hydroxylation is 1. The number of amides is 1. The number of aromatic nitrogens is 7. The third kappa shape index (κ3) is 2.97. The smallest absolute Gasteiger partial charge is 0.390 e. The number of hydrogen-bond donors (Lipinski definition) is 1. The van der Waals surface area contributed by atoms with Gasteiger partial charge in [0.2, 0.25) is 6.33 Å². The lowest BCUT2D eigenvalue weighted by molar-refractivity contribution is -0.394. The van der Waals surface area contributed by atoms with E-state index in [-0.39, 0.29) is 18.3 Å². The third-order valence-electron chi connectivity index (χ3n) is 3.33. The lowest BCUT2D eigenvalue weighted by Gasteiger charge is -2.02. The standard InChI is InChI=1S/C12H13N9O3/c1-8-10(5-14-18(8)2)15-11(22)9-3-4-19(16-9)7-20-6-13-12(17-20)21(23)24/h3-6H,7H2,1-2H3,(H,15,22). The topological polar surface area (TPSA) is 139 Å². The van der Waals surface area contributed by atoms with E-state index in [0.717, 1.165) is 5.69 Å². The molecular formula is C12H13N9O3. The number of carbonyl (C=O) groups excluding carboxylic acids is 1. The maximum atomic E-state index is 12.2. The first kappa shape index (κ1) is 15.3. The molecule has 0 radical (unpaired) electrons. The molecule has 3 rings (SSSR count).